The van der Waals surface area contributed by atoms with Crippen LogP contribution in [0.4, 0.5) is 5.82 Å². The van der Waals surface area contributed by atoms with Crippen molar-refractivity contribution in [2.24, 2.45) is 0 Å². The van der Waals surface area contributed by atoms with Crippen molar-refractivity contribution in [1.82, 2.24) is 9.55 Å². The van der Waals surface area contributed by atoms with E-state index in [1.807, 2.05) is 0 Å². The molecule has 16 heavy (non-hydrogen) atoms. The van der Waals surface area contributed by atoms with Gasteiger partial charge in [0.25, 0.3) is 0 Å². The molecule has 3 nitrogen and oxygen atoms in total. The average molecular weight is 221 g/mol. The number of hydrogen-bond acceptors (Lipinski definition) is 2. The standard InChI is InChI=1S/C13H23N3/c1-5-8-16-11(14)10(13(2,3)4)15-12(16)9-6-7-9/h9H,5-8,14H2,1-4H3. The summed E-state index contributed by atoms with van der Waals surface area (Å²) in [5.41, 5.74) is 7.36. The second-order valence-electron chi connectivity index (χ2n) is 5.88. The number of nitrogens with two attached hydrogens (primary N) is 1. The first-order valence-electron chi connectivity index (χ1n) is 6.31. The summed E-state index contributed by atoms with van der Waals surface area (Å²) >= 11 is 0. The van der Waals surface area contributed by atoms with E-state index < -0.39 is 0 Å². The molecule has 0 unspecified atom stereocenters. The highest BCUT2D eigenvalue weighted by Crippen LogP contribution is 2.42. The van der Waals surface area contributed by atoms with Crippen molar-refractivity contribution in [2.75, 3.05) is 5.73 Å². The van der Waals surface area contributed by atoms with Crippen LogP contribution >= 0.6 is 0 Å². The van der Waals surface area contributed by atoms with Gasteiger partial charge in [0.15, 0.2) is 0 Å². The molecule has 1 aliphatic carbocycles. The topological polar surface area (TPSA) is 43.8 Å². The van der Waals surface area contributed by atoms with Crippen molar-refractivity contribution in [1.29, 1.82) is 0 Å². The van der Waals surface area contributed by atoms with Crippen molar-refractivity contribution in [3.63, 3.8) is 0 Å². The van der Waals surface area contributed by atoms with Crippen LogP contribution in [-0.2, 0) is 12.0 Å². The second-order valence-corrected chi connectivity index (χ2v) is 5.88. The minimum atomic E-state index is 0.0483. The SMILES string of the molecule is CCCn1c(C2CC2)nc(C(C)(C)C)c1N. The van der Waals surface area contributed by atoms with Crippen LogP contribution in [0.2, 0.25) is 0 Å². The van der Waals surface area contributed by atoms with Gasteiger partial charge in [0.05, 0.1) is 5.69 Å². The summed E-state index contributed by atoms with van der Waals surface area (Å²) in [6.07, 6.45) is 3.68. The second kappa shape index (κ2) is 3.79. The highest BCUT2D eigenvalue weighted by atomic mass is 15.2. The monoisotopic (exact) mass is 221 g/mol. The van der Waals surface area contributed by atoms with E-state index >= 15 is 0 Å². The Morgan fingerprint density at radius 2 is 2.00 bits per heavy atom. The van der Waals surface area contributed by atoms with Crippen molar-refractivity contribution in [3.8, 4) is 0 Å². The lowest BCUT2D eigenvalue weighted by molar-refractivity contribution is 0.572. The maximum atomic E-state index is 6.24. The Morgan fingerprint density at radius 3 is 2.44 bits per heavy atom. The van der Waals surface area contributed by atoms with E-state index in [4.69, 9.17) is 10.7 Å². The number of aromatic nitrogens is 2. The Hall–Kier alpha value is -0.990. The Bertz CT molecular complexity index is 381. The number of hydrogen-bond donors (Lipinski definition) is 1. The summed E-state index contributed by atoms with van der Waals surface area (Å²) in [6, 6.07) is 0. The van der Waals surface area contributed by atoms with Crippen LogP contribution in [0.3, 0.4) is 0 Å². The molecular formula is C13H23N3. The van der Waals surface area contributed by atoms with E-state index in [9.17, 15) is 0 Å². The lowest BCUT2D eigenvalue weighted by Crippen LogP contribution is -2.15. The first-order valence-corrected chi connectivity index (χ1v) is 6.31. The van der Waals surface area contributed by atoms with Gasteiger partial charge in [-0.3, -0.25) is 0 Å². The van der Waals surface area contributed by atoms with Gasteiger partial charge in [0.1, 0.15) is 11.6 Å². The third-order valence-electron chi connectivity index (χ3n) is 3.14. The maximum absolute atomic E-state index is 6.24. The van der Waals surface area contributed by atoms with Gasteiger partial charge < -0.3 is 10.3 Å². The Balaban J connectivity index is 2.44. The molecule has 0 aromatic carbocycles. The molecule has 1 heterocycles. The summed E-state index contributed by atoms with van der Waals surface area (Å²) in [7, 11) is 0. The van der Waals surface area contributed by atoms with Gasteiger partial charge >= 0.3 is 0 Å². The highest BCUT2D eigenvalue weighted by Gasteiger charge is 2.32. The third kappa shape index (κ3) is 1.95. The molecule has 1 aliphatic rings. The van der Waals surface area contributed by atoms with E-state index in [1.165, 1.54) is 18.7 Å². The predicted molar refractivity (Wildman–Crippen MR) is 67.6 cm³/mol. The molecule has 1 aromatic rings. The van der Waals surface area contributed by atoms with Crippen molar-refractivity contribution >= 4 is 5.82 Å². The van der Waals surface area contributed by atoms with Crippen LogP contribution in [0, 0.1) is 0 Å². The molecule has 0 saturated heterocycles. The van der Waals surface area contributed by atoms with Crippen LogP contribution in [0.15, 0.2) is 0 Å². The quantitative estimate of drug-likeness (QED) is 0.852. The fraction of sp³-hybridized carbons (Fsp3) is 0.769. The Morgan fingerprint density at radius 1 is 1.38 bits per heavy atom. The van der Waals surface area contributed by atoms with E-state index in [2.05, 4.69) is 32.3 Å². The summed E-state index contributed by atoms with van der Waals surface area (Å²) in [5, 5.41) is 0. The molecule has 3 heteroatoms. The molecule has 0 atom stereocenters. The first kappa shape index (κ1) is 11.5. The average Bonchev–Trinajstić information content (AvgIpc) is 2.94. The number of rotatable bonds is 3. The largest absolute Gasteiger partial charge is 0.384 e. The van der Waals surface area contributed by atoms with Crippen LogP contribution in [0.25, 0.3) is 0 Å². The molecule has 1 fully saturated rings. The number of imidazole rings is 1. The van der Waals surface area contributed by atoms with E-state index in [-0.39, 0.29) is 5.41 Å². The van der Waals surface area contributed by atoms with Gasteiger partial charge in [0.2, 0.25) is 0 Å². The zero-order chi connectivity index (χ0) is 11.9. The van der Waals surface area contributed by atoms with Gasteiger partial charge in [-0.1, -0.05) is 27.7 Å². The lowest BCUT2D eigenvalue weighted by atomic mass is 9.92. The van der Waals surface area contributed by atoms with Gasteiger partial charge in [-0.15, -0.1) is 0 Å². The van der Waals surface area contributed by atoms with Gasteiger partial charge in [-0.25, -0.2) is 4.98 Å². The summed E-state index contributed by atoms with van der Waals surface area (Å²) < 4.78 is 2.23. The third-order valence-corrected chi connectivity index (χ3v) is 3.14. The minimum absolute atomic E-state index is 0.0483. The molecule has 2 rings (SSSR count). The highest BCUT2D eigenvalue weighted by molar-refractivity contribution is 5.43. The lowest BCUT2D eigenvalue weighted by Gasteiger charge is -2.16. The van der Waals surface area contributed by atoms with E-state index in [0.717, 1.165) is 24.5 Å². The van der Waals surface area contributed by atoms with Gasteiger partial charge in [-0.2, -0.15) is 0 Å². The summed E-state index contributed by atoms with van der Waals surface area (Å²) in [4.78, 5) is 4.80. The number of anilines is 1. The maximum Gasteiger partial charge on any atom is 0.127 e. The number of nitrogens with zero attached hydrogens (tertiary/aromatic N) is 2. The Labute approximate surface area is 98.1 Å². The molecule has 0 aliphatic heterocycles. The fourth-order valence-electron chi connectivity index (χ4n) is 2.15. The predicted octanol–water partition coefficient (Wildman–Crippen LogP) is 3.05. The smallest absolute Gasteiger partial charge is 0.127 e. The zero-order valence-corrected chi connectivity index (χ0v) is 10.9. The van der Waals surface area contributed by atoms with E-state index in [1.54, 1.807) is 0 Å². The summed E-state index contributed by atoms with van der Waals surface area (Å²) in [5.74, 6) is 2.78. The van der Waals surface area contributed by atoms with Crippen LogP contribution in [-0.4, -0.2) is 9.55 Å². The van der Waals surface area contributed by atoms with E-state index in [0.29, 0.717) is 5.92 Å². The Kier molecular flexibility index (Phi) is 2.72. The molecule has 90 valence electrons. The fourth-order valence-corrected chi connectivity index (χ4v) is 2.15. The normalized spacial score (nSPS) is 16.8. The van der Waals surface area contributed by atoms with Crippen molar-refractivity contribution < 1.29 is 0 Å². The van der Waals surface area contributed by atoms with Crippen LogP contribution < -0.4 is 5.73 Å². The molecule has 0 spiro atoms. The van der Waals surface area contributed by atoms with Gasteiger partial charge in [-0.05, 0) is 19.3 Å². The zero-order valence-electron chi connectivity index (χ0n) is 10.9. The number of nitrogen functional groups attached to an aromatic ring is 1. The molecule has 0 bridgehead atoms. The molecule has 2 N–H and O–H groups in total. The molecular weight excluding hydrogens is 198 g/mol. The molecule has 1 aromatic heterocycles. The van der Waals surface area contributed by atoms with Crippen LogP contribution in [0.5, 0.6) is 0 Å². The molecule has 0 amide bonds. The van der Waals surface area contributed by atoms with Crippen molar-refractivity contribution in [2.45, 2.75) is 64.8 Å². The molecule has 1 saturated carbocycles. The summed E-state index contributed by atoms with van der Waals surface area (Å²) in [6.45, 7) is 9.73. The minimum Gasteiger partial charge on any atom is -0.384 e. The van der Waals surface area contributed by atoms with Gasteiger partial charge in [0, 0.05) is 17.9 Å². The van der Waals surface area contributed by atoms with Crippen LogP contribution in [0.1, 0.15) is 64.4 Å². The van der Waals surface area contributed by atoms with Crippen molar-refractivity contribution in [3.05, 3.63) is 11.5 Å². The molecule has 0 radical (unpaired) electrons. The first-order chi connectivity index (χ1) is 7.45.